The molecule has 0 saturated heterocycles. The van der Waals surface area contributed by atoms with Crippen LogP contribution in [0.5, 0.6) is 0 Å². The summed E-state index contributed by atoms with van der Waals surface area (Å²) in [7, 11) is 0. The van der Waals surface area contributed by atoms with E-state index in [0.717, 1.165) is 6.92 Å². The molecule has 0 aliphatic carbocycles. The number of ether oxygens (including phenoxy) is 1. The molecule has 1 rings (SSSR count). The lowest BCUT2D eigenvalue weighted by Crippen LogP contribution is -2.32. The van der Waals surface area contributed by atoms with Crippen LogP contribution in [0, 0.1) is 0 Å². The second-order valence-corrected chi connectivity index (χ2v) is 3.65. The van der Waals surface area contributed by atoms with Crippen LogP contribution in [0.15, 0.2) is 12.5 Å². The summed E-state index contributed by atoms with van der Waals surface area (Å²) < 4.78 is 5.72. The Balaban J connectivity index is 2.55. The Morgan fingerprint density at radius 2 is 2.22 bits per heavy atom. The first-order valence-electron chi connectivity index (χ1n) is 5.08. The van der Waals surface area contributed by atoms with E-state index >= 15 is 0 Å². The van der Waals surface area contributed by atoms with Crippen molar-refractivity contribution in [3.63, 3.8) is 0 Å². The summed E-state index contributed by atoms with van der Waals surface area (Å²) in [5.41, 5.74) is 5.78. The summed E-state index contributed by atoms with van der Waals surface area (Å²) in [5, 5.41) is 8.62. The van der Waals surface area contributed by atoms with Gasteiger partial charge in [0.05, 0.1) is 12.0 Å². The number of carbonyl (C=O) groups excluding carboxylic acids is 2. The Kier molecular flexibility index (Phi) is 4.55. The van der Waals surface area contributed by atoms with Crippen molar-refractivity contribution in [1.29, 1.82) is 0 Å². The van der Waals surface area contributed by atoms with Gasteiger partial charge >= 0.3 is 17.9 Å². The fourth-order valence-electron chi connectivity index (χ4n) is 1.25. The van der Waals surface area contributed by atoms with Crippen LogP contribution in [0.1, 0.15) is 12.6 Å². The summed E-state index contributed by atoms with van der Waals surface area (Å²) in [4.78, 5) is 36.1. The standard InChI is InChI=1S/C10H13N3O5/c1-6(14)18-9(15)4-13-3-7(12-5-13)2-8(11)10(16)17/h3,5,8H,2,4,11H2,1H3,(H,16,17)/t8-/m0/s1. The van der Waals surface area contributed by atoms with E-state index in [1.54, 1.807) is 0 Å². The van der Waals surface area contributed by atoms with Crippen molar-refractivity contribution in [2.24, 2.45) is 5.73 Å². The van der Waals surface area contributed by atoms with E-state index in [4.69, 9.17) is 10.8 Å². The highest BCUT2D eigenvalue weighted by Gasteiger charge is 2.14. The van der Waals surface area contributed by atoms with Crippen LogP contribution in [0.4, 0.5) is 0 Å². The van der Waals surface area contributed by atoms with Crippen LogP contribution in [-0.4, -0.2) is 38.6 Å². The maximum Gasteiger partial charge on any atom is 0.333 e. The molecule has 1 aromatic rings. The summed E-state index contributed by atoms with van der Waals surface area (Å²) in [6.07, 6.45) is 2.87. The second kappa shape index (κ2) is 5.92. The molecule has 8 heteroatoms. The van der Waals surface area contributed by atoms with E-state index in [1.165, 1.54) is 17.1 Å². The predicted octanol–water partition coefficient (Wildman–Crippen LogP) is -1.07. The van der Waals surface area contributed by atoms with E-state index in [0.29, 0.717) is 5.69 Å². The predicted molar refractivity (Wildman–Crippen MR) is 58.3 cm³/mol. The highest BCUT2D eigenvalue weighted by atomic mass is 16.6. The van der Waals surface area contributed by atoms with Gasteiger partial charge in [0.1, 0.15) is 12.6 Å². The molecular formula is C10H13N3O5. The molecule has 0 spiro atoms. The Morgan fingerprint density at radius 3 is 2.78 bits per heavy atom. The van der Waals surface area contributed by atoms with Gasteiger partial charge in [-0.2, -0.15) is 0 Å². The molecular weight excluding hydrogens is 242 g/mol. The maximum absolute atomic E-state index is 11.2. The monoisotopic (exact) mass is 255 g/mol. The molecule has 1 atom stereocenters. The van der Waals surface area contributed by atoms with Gasteiger partial charge in [-0.1, -0.05) is 0 Å². The lowest BCUT2D eigenvalue weighted by molar-refractivity contribution is -0.158. The Bertz CT molecular complexity index is 468. The Morgan fingerprint density at radius 1 is 1.56 bits per heavy atom. The van der Waals surface area contributed by atoms with E-state index < -0.39 is 23.9 Å². The second-order valence-electron chi connectivity index (χ2n) is 3.65. The summed E-state index contributed by atoms with van der Waals surface area (Å²) in [5.74, 6) is -2.53. The molecule has 0 amide bonds. The first kappa shape index (κ1) is 13.8. The summed E-state index contributed by atoms with van der Waals surface area (Å²) in [6, 6.07) is -1.04. The highest BCUT2D eigenvalue weighted by molar-refractivity contribution is 5.83. The van der Waals surface area contributed by atoms with Crippen molar-refractivity contribution in [2.75, 3.05) is 0 Å². The van der Waals surface area contributed by atoms with Gasteiger partial charge < -0.3 is 20.1 Å². The van der Waals surface area contributed by atoms with Crippen molar-refractivity contribution in [3.8, 4) is 0 Å². The number of aliphatic carboxylic acids is 1. The van der Waals surface area contributed by atoms with Gasteiger partial charge in [0, 0.05) is 19.5 Å². The zero-order valence-electron chi connectivity index (χ0n) is 9.70. The molecule has 0 aliphatic heterocycles. The van der Waals surface area contributed by atoms with E-state index in [9.17, 15) is 14.4 Å². The van der Waals surface area contributed by atoms with Crippen molar-refractivity contribution in [3.05, 3.63) is 18.2 Å². The fraction of sp³-hybridized carbons (Fsp3) is 0.400. The Hall–Kier alpha value is -2.22. The number of hydrogen-bond acceptors (Lipinski definition) is 6. The molecule has 0 radical (unpaired) electrons. The fourth-order valence-corrected chi connectivity index (χ4v) is 1.25. The van der Waals surface area contributed by atoms with Gasteiger partial charge in [-0.25, -0.2) is 9.78 Å². The molecule has 98 valence electrons. The van der Waals surface area contributed by atoms with Gasteiger partial charge in [0.15, 0.2) is 0 Å². The van der Waals surface area contributed by atoms with Crippen LogP contribution >= 0.6 is 0 Å². The minimum Gasteiger partial charge on any atom is -0.480 e. The first-order valence-corrected chi connectivity index (χ1v) is 5.08. The smallest absolute Gasteiger partial charge is 0.333 e. The number of carbonyl (C=O) groups is 3. The number of carboxylic acid groups (broad SMARTS) is 1. The molecule has 3 N–H and O–H groups in total. The molecule has 0 aliphatic rings. The number of hydrogen-bond donors (Lipinski definition) is 2. The Labute approximate surface area is 102 Å². The molecule has 0 unspecified atom stereocenters. The van der Waals surface area contributed by atoms with Crippen LogP contribution in [0.25, 0.3) is 0 Å². The minimum atomic E-state index is -1.12. The van der Waals surface area contributed by atoms with Gasteiger partial charge in [0.25, 0.3) is 0 Å². The van der Waals surface area contributed by atoms with Crippen molar-refractivity contribution >= 4 is 17.9 Å². The zero-order chi connectivity index (χ0) is 13.7. The minimum absolute atomic E-state index is 0.0596. The molecule has 1 heterocycles. The average Bonchev–Trinajstić information content (AvgIpc) is 2.63. The van der Waals surface area contributed by atoms with Crippen molar-refractivity contribution in [1.82, 2.24) is 9.55 Å². The maximum atomic E-state index is 11.2. The van der Waals surface area contributed by atoms with E-state index in [1.807, 2.05) is 0 Å². The first-order chi connectivity index (χ1) is 8.38. The number of imidazole rings is 1. The summed E-state index contributed by atoms with van der Waals surface area (Å²) in [6.45, 7) is 0.956. The summed E-state index contributed by atoms with van der Waals surface area (Å²) >= 11 is 0. The largest absolute Gasteiger partial charge is 0.480 e. The lowest BCUT2D eigenvalue weighted by Gasteiger charge is -2.02. The quantitative estimate of drug-likeness (QED) is 0.506. The van der Waals surface area contributed by atoms with Gasteiger partial charge in [-0.05, 0) is 0 Å². The molecule has 18 heavy (non-hydrogen) atoms. The number of aromatic nitrogens is 2. The molecule has 0 fully saturated rings. The molecule has 1 aromatic heterocycles. The third kappa shape index (κ3) is 4.34. The van der Waals surface area contributed by atoms with Crippen LogP contribution in [-0.2, 0) is 32.1 Å². The molecule has 0 aromatic carbocycles. The average molecular weight is 255 g/mol. The number of nitrogens with two attached hydrogens (primary N) is 1. The molecule has 0 bridgehead atoms. The van der Waals surface area contributed by atoms with Crippen molar-refractivity contribution < 1.29 is 24.2 Å². The van der Waals surface area contributed by atoms with Crippen LogP contribution in [0.2, 0.25) is 0 Å². The molecule has 0 saturated carbocycles. The molecule has 8 nitrogen and oxygen atoms in total. The third-order valence-electron chi connectivity index (χ3n) is 2.00. The van der Waals surface area contributed by atoms with Gasteiger partial charge in [-0.15, -0.1) is 0 Å². The normalized spacial score (nSPS) is 11.9. The SMILES string of the molecule is CC(=O)OC(=O)Cn1cnc(C[C@H](N)C(=O)O)c1. The van der Waals surface area contributed by atoms with E-state index in [2.05, 4.69) is 9.72 Å². The lowest BCUT2D eigenvalue weighted by atomic mass is 10.2. The van der Waals surface area contributed by atoms with E-state index in [-0.39, 0.29) is 13.0 Å². The number of nitrogens with zero attached hydrogens (tertiary/aromatic N) is 2. The van der Waals surface area contributed by atoms with Gasteiger partial charge in [0.2, 0.25) is 0 Å². The zero-order valence-corrected chi connectivity index (χ0v) is 9.70. The number of esters is 2. The van der Waals surface area contributed by atoms with Crippen LogP contribution in [0.3, 0.4) is 0 Å². The van der Waals surface area contributed by atoms with Gasteiger partial charge in [-0.3, -0.25) is 9.59 Å². The topological polar surface area (TPSA) is 125 Å². The number of rotatable bonds is 5. The highest BCUT2D eigenvalue weighted by Crippen LogP contribution is 2.00. The number of carboxylic acids is 1. The van der Waals surface area contributed by atoms with Crippen LogP contribution < -0.4 is 5.73 Å². The third-order valence-corrected chi connectivity index (χ3v) is 2.00. The van der Waals surface area contributed by atoms with Crippen molar-refractivity contribution in [2.45, 2.75) is 25.9 Å².